The molecule has 0 aromatic carbocycles. The number of nitrogens with one attached hydrogen (secondary N) is 1. The number of methoxy groups -OCH3 is 1. The lowest BCUT2D eigenvalue weighted by molar-refractivity contribution is 0.411. The largest absolute Gasteiger partial charge is 0.495 e. The van der Waals surface area contributed by atoms with Crippen molar-refractivity contribution in [3.8, 4) is 5.75 Å². The topological polar surface area (TPSA) is 34.2 Å². The summed E-state index contributed by atoms with van der Waals surface area (Å²) in [6, 6.07) is 3.83. The SMILES string of the molecule is CCCNC(c1cncc(OC)c1)c1cc(Cl)sc1Cl. The average Bonchev–Trinajstić information content (AvgIpc) is 2.78. The molecule has 0 aliphatic heterocycles. The molecule has 20 heavy (non-hydrogen) atoms. The van der Waals surface area contributed by atoms with Gasteiger partial charge in [-0.2, -0.15) is 0 Å². The molecule has 0 aliphatic rings. The number of rotatable bonds is 6. The Morgan fingerprint density at radius 2 is 2.15 bits per heavy atom. The molecular weight excluding hydrogens is 315 g/mol. The Bertz CT molecular complexity index is 574. The molecule has 0 saturated heterocycles. The first kappa shape index (κ1) is 15.6. The molecule has 2 aromatic rings. The van der Waals surface area contributed by atoms with Gasteiger partial charge in [0.25, 0.3) is 0 Å². The van der Waals surface area contributed by atoms with Crippen LogP contribution in [0.25, 0.3) is 0 Å². The van der Waals surface area contributed by atoms with Crippen LogP contribution in [0.5, 0.6) is 5.75 Å². The lowest BCUT2D eigenvalue weighted by Gasteiger charge is -2.19. The standard InChI is InChI=1S/C14H16Cl2N2OS/c1-3-4-18-13(11-6-12(15)20-14(11)16)9-5-10(19-2)8-17-7-9/h5-8,13,18H,3-4H2,1-2H3. The van der Waals surface area contributed by atoms with Crippen molar-refractivity contribution in [2.45, 2.75) is 19.4 Å². The molecule has 1 atom stereocenters. The van der Waals surface area contributed by atoms with Crippen molar-refractivity contribution < 1.29 is 4.74 Å². The number of ether oxygens (including phenoxy) is 1. The minimum atomic E-state index is -0.0335. The zero-order chi connectivity index (χ0) is 14.5. The summed E-state index contributed by atoms with van der Waals surface area (Å²) in [7, 11) is 1.63. The van der Waals surface area contributed by atoms with E-state index in [4.69, 9.17) is 27.9 Å². The lowest BCUT2D eigenvalue weighted by Crippen LogP contribution is -2.23. The fourth-order valence-corrected chi connectivity index (χ4v) is 3.48. The highest BCUT2D eigenvalue weighted by atomic mass is 35.5. The van der Waals surface area contributed by atoms with Crippen LogP contribution in [0.1, 0.15) is 30.5 Å². The number of thiophene rings is 1. The van der Waals surface area contributed by atoms with Crippen LogP contribution in [0.3, 0.4) is 0 Å². The molecule has 1 N–H and O–H groups in total. The molecule has 0 aliphatic carbocycles. The van der Waals surface area contributed by atoms with Crippen molar-refractivity contribution in [2.75, 3.05) is 13.7 Å². The number of hydrogen-bond acceptors (Lipinski definition) is 4. The summed E-state index contributed by atoms with van der Waals surface area (Å²) in [6.45, 7) is 3.00. The maximum Gasteiger partial charge on any atom is 0.137 e. The van der Waals surface area contributed by atoms with Gasteiger partial charge >= 0.3 is 0 Å². The molecule has 0 saturated carbocycles. The Kier molecular flexibility index (Phi) is 5.66. The molecule has 0 spiro atoms. The van der Waals surface area contributed by atoms with Crippen LogP contribution in [0.2, 0.25) is 8.67 Å². The van der Waals surface area contributed by atoms with Crippen LogP contribution in [0.4, 0.5) is 0 Å². The first-order valence-corrected chi connectivity index (χ1v) is 7.90. The highest BCUT2D eigenvalue weighted by Gasteiger charge is 2.19. The summed E-state index contributed by atoms with van der Waals surface area (Å²) in [5, 5.41) is 3.48. The van der Waals surface area contributed by atoms with Gasteiger partial charge in [-0.1, -0.05) is 30.1 Å². The van der Waals surface area contributed by atoms with Crippen molar-refractivity contribution in [1.82, 2.24) is 10.3 Å². The van der Waals surface area contributed by atoms with Gasteiger partial charge in [-0.3, -0.25) is 4.98 Å². The van der Waals surface area contributed by atoms with Crippen LogP contribution in [-0.4, -0.2) is 18.6 Å². The van der Waals surface area contributed by atoms with E-state index in [-0.39, 0.29) is 6.04 Å². The first-order chi connectivity index (χ1) is 9.65. The smallest absolute Gasteiger partial charge is 0.137 e. The number of halogens is 2. The van der Waals surface area contributed by atoms with Gasteiger partial charge < -0.3 is 10.1 Å². The summed E-state index contributed by atoms with van der Waals surface area (Å²) in [6.07, 6.45) is 4.53. The number of hydrogen-bond donors (Lipinski definition) is 1. The fourth-order valence-electron chi connectivity index (χ4n) is 1.95. The molecule has 0 fully saturated rings. The van der Waals surface area contributed by atoms with E-state index in [0.717, 1.165) is 29.8 Å². The maximum absolute atomic E-state index is 6.28. The minimum Gasteiger partial charge on any atom is -0.495 e. The zero-order valence-electron chi connectivity index (χ0n) is 11.3. The van der Waals surface area contributed by atoms with E-state index in [1.807, 2.05) is 18.3 Å². The predicted molar refractivity (Wildman–Crippen MR) is 85.3 cm³/mol. The van der Waals surface area contributed by atoms with E-state index < -0.39 is 0 Å². The molecule has 0 amide bonds. The second kappa shape index (κ2) is 7.27. The van der Waals surface area contributed by atoms with Crippen molar-refractivity contribution in [1.29, 1.82) is 0 Å². The van der Waals surface area contributed by atoms with Gasteiger partial charge in [-0.25, -0.2) is 0 Å². The predicted octanol–water partition coefficient (Wildman–Crippen LogP) is 4.55. The Hall–Kier alpha value is -0.810. The van der Waals surface area contributed by atoms with Gasteiger partial charge in [0.15, 0.2) is 0 Å². The van der Waals surface area contributed by atoms with Crippen LogP contribution >= 0.6 is 34.5 Å². The van der Waals surface area contributed by atoms with Gasteiger partial charge in [0.2, 0.25) is 0 Å². The molecule has 6 heteroatoms. The summed E-state index contributed by atoms with van der Waals surface area (Å²) >= 11 is 13.7. The molecular formula is C14H16Cl2N2OS. The van der Waals surface area contributed by atoms with E-state index >= 15 is 0 Å². The molecule has 2 heterocycles. The van der Waals surface area contributed by atoms with Gasteiger partial charge in [0.1, 0.15) is 5.75 Å². The third-order valence-corrected chi connectivity index (χ3v) is 4.41. The maximum atomic E-state index is 6.28. The van der Waals surface area contributed by atoms with Crippen molar-refractivity contribution >= 4 is 34.5 Å². The molecule has 1 unspecified atom stereocenters. The quantitative estimate of drug-likeness (QED) is 0.843. The molecule has 2 aromatic heterocycles. The summed E-state index contributed by atoms with van der Waals surface area (Å²) < 4.78 is 6.62. The molecule has 0 bridgehead atoms. The zero-order valence-corrected chi connectivity index (χ0v) is 13.6. The third-order valence-electron chi connectivity index (χ3n) is 2.90. The van der Waals surface area contributed by atoms with Crippen LogP contribution in [-0.2, 0) is 0 Å². The summed E-state index contributed by atoms with van der Waals surface area (Å²) in [4.78, 5) is 4.21. The van der Waals surface area contributed by atoms with E-state index in [1.165, 1.54) is 11.3 Å². The first-order valence-electron chi connectivity index (χ1n) is 6.32. The molecule has 3 nitrogen and oxygen atoms in total. The van der Waals surface area contributed by atoms with Gasteiger partial charge in [0.05, 0.1) is 28.0 Å². The molecule has 108 valence electrons. The fraction of sp³-hybridized carbons (Fsp3) is 0.357. The lowest BCUT2D eigenvalue weighted by atomic mass is 10.0. The van der Waals surface area contributed by atoms with Gasteiger partial charge in [-0.05, 0) is 30.7 Å². The third kappa shape index (κ3) is 3.64. The number of aromatic nitrogens is 1. The number of pyridine rings is 1. The normalized spacial score (nSPS) is 12.4. The second-order valence-electron chi connectivity index (χ2n) is 4.32. The van der Waals surface area contributed by atoms with Crippen LogP contribution < -0.4 is 10.1 Å². The van der Waals surface area contributed by atoms with E-state index in [0.29, 0.717) is 8.67 Å². The van der Waals surface area contributed by atoms with Gasteiger partial charge in [0, 0.05) is 11.8 Å². The minimum absolute atomic E-state index is 0.0335. The molecule has 2 rings (SSSR count). The Labute approximate surface area is 132 Å². The van der Waals surface area contributed by atoms with Crippen molar-refractivity contribution in [3.05, 3.63) is 44.3 Å². The van der Waals surface area contributed by atoms with E-state index in [9.17, 15) is 0 Å². The average molecular weight is 331 g/mol. The van der Waals surface area contributed by atoms with E-state index in [1.54, 1.807) is 13.3 Å². The number of nitrogens with zero attached hydrogens (tertiary/aromatic N) is 1. The highest BCUT2D eigenvalue weighted by Crippen LogP contribution is 2.37. The van der Waals surface area contributed by atoms with E-state index in [2.05, 4.69) is 17.2 Å². The summed E-state index contributed by atoms with van der Waals surface area (Å²) in [5.41, 5.74) is 1.99. The summed E-state index contributed by atoms with van der Waals surface area (Å²) in [5.74, 6) is 0.725. The Balaban J connectivity index is 2.38. The molecule has 0 radical (unpaired) electrons. The van der Waals surface area contributed by atoms with Crippen LogP contribution in [0, 0.1) is 0 Å². The van der Waals surface area contributed by atoms with Crippen LogP contribution in [0.15, 0.2) is 24.5 Å². The highest BCUT2D eigenvalue weighted by molar-refractivity contribution is 7.20. The Morgan fingerprint density at radius 3 is 2.75 bits per heavy atom. The van der Waals surface area contributed by atoms with Gasteiger partial charge in [-0.15, -0.1) is 11.3 Å². The van der Waals surface area contributed by atoms with Crippen molar-refractivity contribution in [3.63, 3.8) is 0 Å². The Morgan fingerprint density at radius 1 is 1.35 bits per heavy atom. The van der Waals surface area contributed by atoms with Crippen molar-refractivity contribution in [2.24, 2.45) is 0 Å². The second-order valence-corrected chi connectivity index (χ2v) is 6.61. The monoisotopic (exact) mass is 330 g/mol.